The van der Waals surface area contributed by atoms with E-state index in [1.54, 1.807) is 17.8 Å². The molecule has 0 unspecified atom stereocenters. The molecule has 5 nitrogen and oxygen atoms in total. The summed E-state index contributed by atoms with van der Waals surface area (Å²) < 4.78 is 0. The predicted molar refractivity (Wildman–Crippen MR) is 94.5 cm³/mol. The third kappa shape index (κ3) is 3.77. The van der Waals surface area contributed by atoms with E-state index in [2.05, 4.69) is 10.3 Å². The molecule has 1 heterocycles. The van der Waals surface area contributed by atoms with Crippen LogP contribution < -0.4 is 10.8 Å². The van der Waals surface area contributed by atoms with Gasteiger partial charge in [-0.25, -0.2) is 5.48 Å². The van der Waals surface area contributed by atoms with Crippen molar-refractivity contribution in [2.24, 2.45) is 0 Å². The van der Waals surface area contributed by atoms with Crippen molar-refractivity contribution in [2.45, 2.75) is 6.54 Å². The average molecular weight is 319 g/mol. The largest absolute Gasteiger partial charge is 0.380 e. The lowest BCUT2D eigenvalue weighted by molar-refractivity contribution is -0.124. The summed E-state index contributed by atoms with van der Waals surface area (Å²) in [5.41, 5.74) is 5.58. The molecule has 1 aromatic heterocycles. The first-order chi connectivity index (χ1) is 11.8. The summed E-state index contributed by atoms with van der Waals surface area (Å²) in [5, 5.41) is 13.0. The minimum Gasteiger partial charge on any atom is -0.380 e. The number of nitrogens with one attached hydrogen (secondary N) is 2. The number of carbonyl (C=O) groups excluding carboxylic acids is 1. The molecule has 0 saturated carbocycles. The molecule has 0 aliphatic rings. The number of aromatic nitrogens is 1. The summed E-state index contributed by atoms with van der Waals surface area (Å²) in [5.74, 6) is -0.551. The summed E-state index contributed by atoms with van der Waals surface area (Å²) in [6.07, 6.45) is 4.70. The lowest BCUT2D eigenvalue weighted by Crippen LogP contribution is -2.14. The number of hydroxylamine groups is 1. The second kappa shape index (κ2) is 7.39. The van der Waals surface area contributed by atoms with E-state index in [1.807, 2.05) is 54.6 Å². The highest BCUT2D eigenvalue weighted by Gasteiger charge is 2.01. The van der Waals surface area contributed by atoms with Gasteiger partial charge in [0.15, 0.2) is 0 Å². The Morgan fingerprint density at radius 1 is 1.08 bits per heavy atom. The van der Waals surface area contributed by atoms with Crippen LogP contribution >= 0.6 is 0 Å². The van der Waals surface area contributed by atoms with Crippen LogP contribution in [-0.2, 0) is 11.3 Å². The van der Waals surface area contributed by atoms with Crippen molar-refractivity contribution in [3.05, 3.63) is 78.0 Å². The van der Waals surface area contributed by atoms with Gasteiger partial charge in [0.1, 0.15) is 0 Å². The Balaban J connectivity index is 1.68. The zero-order chi connectivity index (χ0) is 16.8. The van der Waals surface area contributed by atoms with Gasteiger partial charge in [0, 0.05) is 29.9 Å². The number of fused-ring (bicyclic) bond motifs is 1. The molecule has 0 atom stereocenters. The standard InChI is InChI=1S/C19H17N3O2/c23-19(22-24)11-10-14-6-8-15(9-7-14)13-21-18-5-1-4-17-16(18)3-2-12-20-17/h1-12,21,24H,13H2,(H,22,23)/b11-10+. The molecule has 120 valence electrons. The van der Waals surface area contributed by atoms with E-state index in [0.717, 1.165) is 27.7 Å². The van der Waals surface area contributed by atoms with E-state index in [-0.39, 0.29) is 0 Å². The summed E-state index contributed by atoms with van der Waals surface area (Å²) >= 11 is 0. The van der Waals surface area contributed by atoms with Crippen LogP contribution in [0.2, 0.25) is 0 Å². The van der Waals surface area contributed by atoms with Gasteiger partial charge in [0.05, 0.1) is 5.52 Å². The number of benzene rings is 2. The maximum Gasteiger partial charge on any atom is 0.267 e. The van der Waals surface area contributed by atoms with E-state index >= 15 is 0 Å². The van der Waals surface area contributed by atoms with Crippen LogP contribution in [0.25, 0.3) is 17.0 Å². The molecule has 3 rings (SSSR count). The van der Waals surface area contributed by atoms with Crippen LogP contribution in [-0.4, -0.2) is 16.1 Å². The van der Waals surface area contributed by atoms with E-state index in [9.17, 15) is 4.79 Å². The van der Waals surface area contributed by atoms with Crippen molar-refractivity contribution in [1.29, 1.82) is 0 Å². The van der Waals surface area contributed by atoms with Crippen molar-refractivity contribution in [1.82, 2.24) is 10.5 Å². The molecule has 0 bridgehead atoms. The number of pyridine rings is 1. The molecule has 5 heteroatoms. The predicted octanol–water partition coefficient (Wildman–Crippen LogP) is 3.37. The second-order valence-corrected chi connectivity index (χ2v) is 5.28. The Bertz CT molecular complexity index is 868. The van der Waals surface area contributed by atoms with Crippen molar-refractivity contribution >= 4 is 28.6 Å². The number of amides is 1. The van der Waals surface area contributed by atoms with Crippen LogP contribution in [0.4, 0.5) is 5.69 Å². The molecule has 0 fully saturated rings. The SMILES string of the molecule is O=C(/C=C/c1ccc(CNc2cccc3ncccc23)cc1)NO. The van der Waals surface area contributed by atoms with Crippen LogP contribution in [0.15, 0.2) is 66.9 Å². The minimum atomic E-state index is -0.551. The van der Waals surface area contributed by atoms with Gasteiger partial charge >= 0.3 is 0 Å². The molecule has 3 aromatic rings. The third-order valence-corrected chi connectivity index (χ3v) is 3.65. The average Bonchev–Trinajstić information content (AvgIpc) is 2.65. The van der Waals surface area contributed by atoms with Crippen molar-refractivity contribution in [3.8, 4) is 0 Å². The van der Waals surface area contributed by atoms with Gasteiger partial charge in [-0.3, -0.25) is 15.0 Å². The molecule has 0 spiro atoms. The van der Waals surface area contributed by atoms with Gasteiger partial charge in [-0.05, 0) is 41.5 Å². The van der Waals surface area contributed by atoms with Gasteiger partial charge in [0.2, 0.25) is 0 Å². The number of nitrogens with zero attached hydrogens (tertiary/aromatic N) is 1. The van der Waals surface area contributed by atoms with Gasteiger partial charge in [-0.15, -0.1) is 0 Å². The molecule has 24 heavy (non-hydrogen) atoms. The Morgan fingerprint density at radius 2 is 1.92 bits per heavy atom. The molecule has 0 aliphatic carbocycles. The fourth-order valence-electron chi connectivity index (χ4n) is 2.41. The first-order valence-corrected chi connectivity index (χ1v) is 7.55. The van der Waals surface area contributed by atoms with Gasteiger partial charge < -0.3 is 5.32 Å². The minimum absolute atomic E-state index is 0.551. The molecule has 2 aromatic carbocycles. The highest BCUT2D eigenvalue weighted by atomic mass is 16.5. The van der Waals surface area contributed by atoms with Crippen LogP contribution in [0.3, 0.4) is 0 Å². The Morgan fingerprint density at radius 3 is 2.71 bits per heavy atom. The van der Waals surface area contributed by atoms with E-state index in [0.29, 0.717) is 6.54 Å². The van der Waals surface area contributed by atoms with Gasteiger partial charge in [-0.1, -0.05) is 30.3 Å². The monoisotopic (exact) mass is 319 g/mol. The quantitative estimate of drug-likeness (QED) is 0.383. The summed E-state index contributed by atoms with van der Waals surface area (Å²) in [4.78, 5) is 15.3. The van der Waals surface area contributed by atoms with E-state index in [4.69, 9.17) is 5.21 Å². The second-order valence-electron chi connectivity index (χ2n) is 5.28. The normalized spacial score (nSPS) is 10.9. The number of anilines is 1. The van der Waals surface area contributed by atoms with Crippen LogP contribution in [0.1, 0.15) is 11.1 Å². The highest BCUT2D eigenvalue weighted by molar-refractivity contribution is 5.91. The van der Waals surface area contributed by atoms with E-state index in [1.165, 1.54) is 6.08 Å². The molecule has 1 amide bonds. The van der Waals surface area contributed by atoms with Crippen LogP contribution in [0, 0.1) is 0 Å². The van der Waals surface area contributed by atoms with Gasteiger partial charge in [0.25, 0.3) is 5.91 Å². The van der Waals surface area contributed by atoms with Crippen molar-refractivity contribution in [3.63, 3.8) is 0 Å². The topological polar surface area (TPSA) is 74.2 Å². The zero-order valence-corrected chi connectivity index (χ0v) is 12.9. The summed E-state index contributed by atoms with van der Waals surface area (Å²) in [7, 11) is 0. The summed E-state index contributed by atoms with van der Waals surface area (Å²) in [6, 6.07) is 17.8. The Labute approximate surface area is 139 Å². The number of carbonyl (C=O) groups is 1. The number of rotatable bonds is 5. The maximum absolute atomic E-state index is 11.0. The maximum atomic E-state index is 11.0. The lowest BCUT2D eigenvalue weighted by Gasteiger charge is -2.09. The lowest BCUT2D eigenvalue weighted by atomic mass is 10.1. The highest BCUT2D eigenvalue weighted by Crippen LogP contribution is 2.22. The first-order valence-electron chi connectivity index (χ1n) is 7.55. The van der Waals surface area contributed by atoms with Crippen molar-refractivity contribution < 1.29 is 10.0 Å². The Hall–Kier alpha value is -3.18. The smallest absolute Gasteiger partial charge is 0.267 e. The van der Waals surface area contributed by atoms with Crippen LogP contribution in [0.5, 0.6) is 0 Å². The molecule has 0 aliphatic heterocycles. The molecular weight excluding hydrogens is 302 g/mol. The molecule has 3 N–H and O–H groups in total. The molecule has 0 saturated heterocycles. The molecular formula is C19H17N3O2. The fourth-order valence-corrected chi connectivity index (χ4v) is 2.41. The molecule has 0 radical (unpaired) electrons. The first kappa shape index (κ1) is 15.7. The third-order valence-electron chi connectivity index (χ3n) is 3.65. The Kier molecular flexibility index (Phi) is 4.84. The zero-order valence-electron chi connectivity index (χ0n) is 12.9. The fraction of sp³-hybridized carbons (Fsp3) is 0.0526. The van der Waals surface area contributed by atoms with E-state index < -0.39 is 5.91 Å². The van der Waals surface area contributed by atoms with Crippen molar-refractivity contribution in [2.75, 3.05) is 5.32 Å². The number of hydrogen-bond donors (Lipinski definition) is 3. The van der Waals surface area contributed by atoms with Gasteiger partial charge in [-0.2, -0.15) is 0 Å². The number of hydrogen-bond acceptors (Lipinski definition) is 4. The summed E-state index contributed by atoms with van der Waals surface area (Å²) in [6.45, 7) is 0.690.